The molecule has 0 saturated carbocycles. The number of pyridine rings is 2. The molecule has 0 radical (unpaired) electrons. The summed E-state index contributed by atoms with van der Waals surface area (Å²) in [7, 11) is 0. The van der Waals surface area contributed by atoms with Gasteiger partial charge in [0.1, 0.15) is 11.4 Å². The Morgan fingerprint density at radius 1 is 0.477 bits per heavy atom. The highest BCUT2D eigenvalue weighted by Gasteiger charge is 2.34. The van der Waals surface area contributed by atoms with Crippen LogP contribution in [0.25, 0.3) is 77.6 Å². The average Bonchev–Trinajstić information content (AvgIpc) is 3.43. The van der Waals surface area contributed by atoms with Gasteiger partial charge in [-0.3, -0.25) is 0 Å². The third-order valence-corrected chi connectivity index (χ3v) is 9.42. The summed E-state index contributed by atoms with van der Waals surface area (Å²) in [4.78, 5) is 0. The SMILES string of the molecule is Ic1cc2c(-c3ccccc3)c(-c3ccccc3)n3c4ccccc4[n+]4c(-c5ccccc5)c(-c5ccccc5)c(c1)c2c34. The molecule has 6 aromatic carbocycles. The van der Waals surface area contributed by atoms with E-state index in [0.717, 1.165) is 0 Å². The molecule has 0 aliphatic rings. The number of imidazole rings is 1. The van der Waals surface area contributed by atoms with Crippen molar-refractivity contribution in [1.29, 1.82) is 0 Å². The molecular formula is C41H26IN2+. The second kappa shape index (κ2) is 10.0. The van der Waals surface area contributed by atoms with E-state index in [1.807, 2.05) is 0 Å². The van der Waals surface area contributed by atoms with E-state index in [2.05, 4.69) is 189 Å². The van der Waals surface area contributed by atoms with Crippen molar-refractivity contribution >= 4 is 55.4 Å². The highest BCUT2D eigenvalue weighted by Crippen LogP contribution is 2.47. The van der Waals surface area contributed by atoms with Gasteiger partial charge in [-0.2, -0.15) is 8.80 Å². The van der Waals surface area contributed by atoms with Crippen LogP contribution in [0.2, 0.25) is 0 Å². The van der Waals surface area contributed by atoms with Gasteiger partial charge in [0.15, 0.2) is 11.0 Å². The van der Waals surface area contributed by atoms with E-state index in [1.54, 1.807) is 0 Å². The van der Waals surface area contributed by atoms with Gasteiger partial charge in [-0.25, -0.2) is 0 Å². The largest absolute Gasteiger partial charge is 0.301 e. The van der Waals surface area contributed by atoms with Crippen molar-refractivity contribution in [3.05, 3.63) is 161 Å². The van der Waals surface area contributed by atoms with Crippen LogP contribution >= 0.6 is 22.6 Å². The number of hydrogen-bond donors (Lipinski definition) is 0. The Bertz CT molecular complexity index is 2300. The molecule has 9 aromatic rings. The van der Waals surface area contributed by atoms with Gasteiger partial charge in [0.05, 0.1) is 5.39 Å². The molecular weight excluding hydrogens is 647 g/mol. The molecule has 0 fully saturated rings. The highest BCUT2D eigenvalue weighted by atomic mass is 127. The number of para-hydroxylation sites is 2. The van der Waals surface area contributed by atoms with Crippen molar-refractivity contribution in [2.75, 3.05) is 0 Å². The van der Waals surface area contributed by atoms with Crippen LogP contribution in [-0.4, -0.2) is 4.40 Å². The molecule has 0 unspecified atom stereocenters. The number of benzene rings is 6. The molecule has 0 spiro atoms. The predicted octanol–water partition coefficient (Wildman–Crippen LogP) is 10.7. The van der Waals surface area contributed by atoms with E-state index in [9.17, 15) is 0 Å². The minimum absolute atomic E-state index is 1.19. The third kappa shape index (κ3) is 3.69. The van der Waals surface area contributed by atoms with Gasteiger partial charge >= 0.3 is 5.65 Å². The first-order valence-corrected chi connectivity index (χ1v) is 16.0. The zero-order valence-electron chi connectivity index (χ0n) is 23.8. The molecule has 0 atom stereocenters. The molecule has 9 rings (SSSR count). The second-order valence-electron chi connectivity index (χ2n) is 11.3. The Morgan fingerprint density at radius 3 is 1.57 bits per heavy atom. The first kappa shape index (κ1) is 25.5. The van der Waals surface area contributed by atoms with Gasteiger partial charge in [0.2, 0.25) is 0 Å². The van der Waals surface area contributed by atoms with Crippen molar-refractivity contribution in [2.24, 2.45) is 0 Å². The Labute approximate surface area is 269 Å². The molecule has 0 saturated heterocycles. The molecule has 0 bridgehead atoms. The molecule has 0 aliphatic heterocycles. The number of aromatic nitrogens is 2. The maximum absolute atomic E-state index is 2.52. The molecule has 0 aliphatic carbocycles. The number of halogens is 1. The first-order valence-electron chi connectivity index (χ1n) is 14.9. The summed E-state index contributed by atoms with van der Waals surface area (Å²) in [6, 6.07) is 57.2. The van der Waals surface area contributed by atoms with E-state index in [0.29, 0.717) is 0 Å². The van der Waals surface area contributed by atoms with Crippen molar-refractivity contribution in [2.45, 2.75) is 0 Å². The standard InChI is InChI=1S/C41H26IN2/c42-31-25-32-36(27-15-5-1-6-16-27)39(29-19-9-3-10-20-29)43-34-23-13-14-24-35(34)44-40(30-21-11-4-12-22-30)37(28-17-7-2-8-18-28)33(26-31)38(32)41(43)44/h1-26H/q+1. The van der Waals surface area contributed by atoms with Crippen LogP contribution in [0, 0.1) is 3.57 Å². The molecule has 3 heteroatoms. The fourth-order valence-corrected chi connectivity index (χ4v) is 7.72. The zero-order valence-corrected chi connectivity index (χ0v) is 25.9. The Hall–Kier alpha value is -5.00. The van der Waals surface area contributed by atoms with Crippen LogP contribution in [0.15, 0.2) is 158 Å². The maximum Gasteiger partial charge on any atom is 0.301 e. The summed E-state index contributed by atoms with van der Waals surface area (Å²) < 4.78 is 6.27. The van der Waals surface area contributed by atoms with Gasteiger partial charge in [0.25, 0.3) is 0 Å². The van der Waals surface area contributed by atoms with E-state index < -0.39 is 0 Å². The molecule has 3 heterocycles. The number of rotatable bonds is 4. The lowest BCUT2D eigenvalue weighted by Gasteiger charge is -2.19. The van der Waals surface area contributed by atoms with Gasteiger partial charge in [-0.05, 0) is 58.0 Å². The summed E-state index contributed by atoms with van der Waals surface area (Å²) >= 11 is 2.51. The molecule has 3 aromatic heterocycles. The monoisotopic (exact) mass is 673 g/mol. The second-order valence-corrected chi connectivity index (χ2v) is 12.5. The van der Waals surface area contributed by atoms with Crippen molar-refractivity contribution < 1.29 is 4.40 Å². The van der Waals surface area contributed by atoms with Crippen molar-refractivity contribution in [3.8, 4) is 44.8 Å². The molecule has 44 heavy (non-hydrogen) atoms. The predicted molar refractivity (Wildman–Crippen MR) is 191 cm³/mol. The Kier molecular flexibility index (Phi) is 5.81. The summed E-state index contributed by atoms with van der Waals surface area (Å²) in [5.41, 5.74) is 13.3. The van der Waals surface area contributed by atoms with Gasteiger partial charge in [-0.1, -0.05) is 133 Å². The van der Waals surface area contributed by atoms with E-state index >= 15 is 0 Å². The fourth-order valence-electron chi connectivity index (χ4n) is 7.10. The molecule has 206 valence electrons. The topological polar surface area (TPSA) is 8.51 Å². The van der Waals surface area contributed by atoms with E-state index in [4.69, 9.17) is 0 Å². The van der Waals surface area contributed by atoms with Crippen LogP contribution in [0.4, 0.5) is 0 Å². The van der Waals surface area contributed by atoms with E-state index in [1.165, 1.54) is 81.2 Å². The van der Waals surface area contributed by atoms with Crippen molar-refractivity contribution in [1.82, 2.24) is 4.40 Å². The number of nitrogens with zero attached hydrogens (tertiary/aromatic N) is 2. The Balaban J connectivity index is 1.67. The fraction of sp³-hybridized carbons (Fsp3) is 0. The normalized spacial score (nSPS) is 11.8. The Morgan fingerprint density at radius 2 is 0.955 bits per heavy atom. The van der Waals surface area contributed by atoms with E-state index in [-0.39, 0.29) is 0 Å². The molecule has 0 amide bonds. The van der Waals surface area contributed by atoms with Crippen LogP contribution in [0.1, 0.15) is 0 Å². The average molecular weight is 674 g/mol. The lowest BCUT2D eigenvalue weighted by atomic mass is 9.88. The van der Waals surface area contributed by atoms with Crippen LogP contribution < -0.4 is 4.40 Å². The quantitative estimate of drug-likeness (QED) is 0.130. The number of fused-ring (bicyclic) bond motifs is 3. The summed E-state index contributed by atoms with van der Waals surface area (Å²) in [5.74, 6) is 0. The minimum atomic E-state index is 1.19. The zero-order chi connectivity index (χ0) is 29.2. The van der Waals surface area contributed by atoms with Gasteiger partial charge in [-0.15, -0.1) is 0 Å². The molecule has 0 N–H and O–H groups in total. The lowest BCUT2D eigenvalue weighted by molar-refractivity contribution is -0.466. The smallest absolute Gasteiger partial charge is 0.186 e. The molecule has 2 nitrogen and oxygen atoms in total. The highest BCUT2D eigenvalue weighted by molar-refractivity contribution is 14.1. The maximum atomic E-state index is 2.52. The number of hydrogen-bond acceptors (Lipinski definition) is 0. The van der Waals surface area contributed by atoms with Crippen LogP contribution in [0.5, 0.6) is 0 Å². The summed E-state index contributed by atoms with van der Waals surface area (Å²) in [6.45, 7) is 0. The summed E-state index contributed by atoms with van der Waals surface area (Å²) in [6.07, 6.45) is 0. The van der Waals surface area contributed by atoms with Crippen molar-refractivity contribution in [3.63, 3.8) is 0 Å². The lowest BCUT2D eigenvalue weighted by Crippen LogP contribution is -2.26. The minimum Gasteiger partial charge on any atom is -0.186 e. The van der Waals surface area contributed by atoms with Crippen LogP contribution in [0.3, 0.4) is 0 Å². The summed E-state index contributed by atoms with van der Waals surface area (Å²) in [5, 5.41) is 3.81. The van der Waals surface area contributed by atoms with Gasteiger partial charge < -0.3 is 0 Å². The first-order chi connectivity index (χ1) is 21.8. The third-order valence-electron chi connectivity index (χ3n) is 8.79. The van der Waals surface area contributed by atoms with Gasteiger partial charge in [0, 0.05) is 36.6 Å². The van der Waals surface area contributed by atoms with Crippen LogP contribution in [-0.2, 0) is 0 Å².